The van der Waals surface area contributed by atoms with Gasteiger partial charge in [0.1, 0.15) is 0 Å². The molecule has 1 unspecified atom stereocenters. The molecule has 6 heteroatoms. The maximum Gasteiger partial charge on any atom is 0.291 e. The van der Waals surface area contributed by atoms with E-state index in [0.29, 0.717) is 17.4 Å². The van der Waals surface area contributed by atoms with E-state index in [2.05, 4.69) is 10.5 Å². The van der Waals surface area contributed by atoms with E-state index in [0.717, 1.165) is 42.7 Å². The third kappa shape index (κ3) is 3.13. The van der Waals surface area contributed by atoms with Gasteiger partial charge in [-0.2, -0.15) is 0 Å². The summed E-state index contributed by atoms with van der Waals surface area (Å²) in [4.78, 5) is 14.0. The summed E-state index contributed by atoms with van der Waals surface area (Å²) in [6, 6.07) is 0. The van der Waals surface area contributed by atoms with Crippen molar-refractivity contribution in [2.24, 2.45) is 5.41 Å². The van der Waals surface area contributed by atoms with Crippen LogP contribution in [0, 0.1) is 12.3 Å². The first-order valence-corrected chi connectivity index (χ1v) is 11.5. The van der Waals surface area contributed by atoms with Crippen molar-refractivity contribution in [3.05, 3.63) is 11.5 Å². The van der Waals surface area contributed by atoms with Crippen molar-refractivity contribution in [3.8, 4) is 0 Å². The molecule has 5 saturated carbocycles. The Bertz CT molecular complexity index is 745. The van der Waals surface area contributed by atoms with Crippen LogP contribution in [0.15, 0.2) is 9.42 Å². The minimum atomic E-state index is -0.584. The van der Waals surface area contributed by atoms with Crippen LogP contribution in [-0.4, -0.2) is 32.6 Å². The molecule has 5 nitrogen and oxygen atoms in total. The van der Waals surface area contributed by atoms with Crippen LogP contribution < -0.4 is 5.32 Å². The normalized spacial score (nSPS) is 38.3. The predicted octanol–water partition coefficient (Wildman–Crippen LogP) is 4.37. The number of aryl methyl sites for hydroxylation is 1. The Labute approximate surface area is 165 Å². The van der Waals surface area contributed by atoms with E-state index in [1.807, 2.05) is 6.92 Å². The van der Waals surface area contributed by atoms with E-state index in [1.54, 1.807) is 11.8 Å². The summed E-state index contributed by atoms with van der Waals surface area (Å²) >= 11 is 1.77. The van der Waals surface area contributed by atoms with Gasteiger partial charge in [-0.25, -0.2) is 0 Å². The Morgan fingerprint density at radius 3 is 2.67 bits per heavy atom. The SMILES string of the molecule is Cc1noc(C(=O)NC23CC4(O)CCCC(C4)(C2)C3)c1SC1CCCCC1. The van der Waals surface area contributed by atoms with Gasteiger partial charge in [0.2, 0.25) is 5.76 Å². The number of aliphatic hydroxyl groups is 1. The first-order valence-electron chi connectivity index (χ1n) is 10.6. The Kier molecular flexibility index (Phi) is 4.17. The molecule has 148 valence electrons. The molecule has 1 heterocycles. The van der Waals surface area contributed by atoms with Crippen LogP contribution in [0.25, 0.3) is 0 Å². The van der Waals surface area contributed by atoms with Gasteiger partial charge in [0.05, 0.1) is 16.2 Å². The Morgan fingerprint density at radius 1 is 1.15 bits per heavy atom. The number of carbonyl (C=O) groups is 1. The van der Waals surface area contributed by atoms with Crippen LogP contribution in [-0.2, 0) is 0 Å². The second-order valence-electron chi connectivity index (χ2n) is 9.82. The molecule has 5 aliphatic rings. The lowest BCUT2D eigenvalue weighted by Crippen LogP contribution is -2.71. The number of aromatic nitrogens is 1. The molecular weight excluding hydrogens is 360 g/mol. The summed E-state index contributed by atoms with van der Waals surface area (Å²) < 4.78 is 5.47. The first-order chi connectivity index (χ1) is 12.9. The number of thioether (sulfide) groups is 1. The summed E-state index contributed by atoms with van der Waals surface area (Å²) in [7, 11) is 0. The molecule has 0 aliphatic heterocycles. The van der Waals surface area contributed by atoms with Gasteiger partial charge in [-0.15, -0.1) is 11.8 Å². The van der Waals surface area contributed by atoms with Gasteiger partial charge in [0.15, 0.2) is 0 Å². The maximum atomic E-state index is 13.1. The molecule has 1 atom stereocenters. The number of hydrogen-bond donors (Lipinski definition) is 2. The van der Waals surface area contributed by atoms with Crippen molar-refractivity contribution in [2.45, 2.75) is 105 Å². The molecule has 6 rings (SSSR count). The lowest BCUT2D eigenvalue weighted by molar-refractivity contribution is -0.188. The smallest absolute Gasteiger partial charge is 0.291 e. The van der Waals surface area contributed by atoms with Crippen LogP contribution in [0.1, 0.15) is 93.3 Å². The van der Waals surface area contributed by atoms with Gasteiger partial charge in [-0.1, -0.05) is 30.8 Å². The van der Waals surface area contributed by atoms with Gasteiger partial charge in [0.25, 0.3) is 5.91 Å². The van der Waals surface area contributed by atoms with Gasteiger partial charge >= 0.3 is 0 Å². The summed E-state index contributed by atoms with van der Waals surface area (Å²) in [6.07, 6.45) is 13.1. The van der Waals surface area contributed by atoms with Gasteiger partial charge < -0.3 is 14.9 Å². The zero-order chi connectivity index (χ0) is 18.7. The third-order valence-electron chi connectivity index (χ3n) is 7.38. The van der Waals surface area contributed by atoms with Crippen LogP contribution in [0.5, 0.6) is 0 Å². The fraction of sp³-hybridized carbons (Fsp3) is 0.810. The fourth-order valence-corrected chi connectivity index (χ4v) is 8.03. The highest BCUT2D eigenvalue weighted by atomic mass is 32.2. The number of hydrogen-bond acceptors (Lipinski definition) is 5. The van der Waals surface area contributed by atoms with Gasteiger partial charge in [-0.3, -0.25) is 4.79 Å². The van der Waals surface area contributed by atoms with E-state index in [4.69, 9.17) is 4.52 Å². The van der Waals surface area contributed by atoms with Crippen LogP contribution in [0.2, 0.25) is 0 Å². The van der Waals surface area contributed by atoms with Crippen LogP contribution in [0.4, 0.5) is 0 Å². The topological polar surface area (TPSA) is 75.4 Å². The summed E-state index contributed by atoms with van der Waals surface area (Å²) in [5.41, 5.74) is 0.240. The molecule has 2 N–H and O–H groups in total. The predicted molar refractivity (Wildman–Crippen MR) is 104 cm³/mol. The molecule has 3 bridgehead atoms. The molecule has 5 fully saturated rings. The molecular formula is C21H30N2O3S. The largest absolute Gasteiger partial charge is 0.390 e. The Morgan fingerprint density at radius 2 is 1.93 bits per heavy atom. The van der Waals surface area contributed by atoms with E-state index < -0.39 is 5.60 Å². The summed E-state index contributed by atoms with van der Waals surface area (Å²) in [6.45, 7) is 1.93. The minimum absolute atomic E-state index is 0.146. The molecule has 1 aromatic heterocycles. The maximum absolute atomic E-state index is 13.1. The first kappa shape index (κ1) is 18.0. The lowest BCUT2D eigenvalue weighted by atomic mass is 9.42. The molecule has 0 radical (unpaired) electrons. The number of nitrogens with zero attached hydrogens (tertiary/aromatic N) is 1. The van der Waals surface area contributed by atoms with Crippen molar-refractivity contribution < 1.29 is 14.4 Å². The molecule has 1 amide bonds. The van der Waals surface area contributed by atoms with E-state index in [-0.39, 0.29) is 16.9 Å². The average Bonchev–Trinajstić information content (AvgIpc) is 2.94. The monoisotopic (exact) mass is 390 g/mol. The second kappa shape index (κ2) is 6.24. The lowest BCUT2D eigenvalue weighted by Gasteiger charge is -2.67. The quantitative estimate of drug-likeness (QED) is 0.799. The average molecular weight is 391 g/mol. The highest BCUT2D eigenvalue weighted by Crippen LogP contribution is 2.66. The molecule has 1 spiro atoms. The number of amides is 1. The highest BCUT2D eigenvalue weighted by molar-refractivity contribution is 8.00. The minimum Gasteiger partial charge on any atom is -0.390 e. The van der Waals surface area contributed by atoms with E-state index in [9.17, 15) is 9.90 Å². The molecule has 0 saturated heterocycles. The van der Waals surface area contributed by atoms with Crippen molar-refractivity contribution in [1.82, 2.24) is 10.5 Å². The van der Waals surface area contributed by atoms with Crippen molar-refractivity contribution >= 4 is 17.7 Å². The molecule has 1 aromatic rings. The number of carbonyl (C=O) groups excluding carboxylic acids is 1. The van der Waals surface area contributed by atoms with Crippen LogP contribution >= 0.6 is 11.8 Å². The summed E-state index contributed by atoms with van der Waals surface area (Å²) in [5.74, 6) is 0.230. The Hall–Kier alpha value is -1.01. The molecule has 27 heavy (non-hydrogen) atoms. The third-order valence-corrected chi connectivity index (χ3v) is 8.90. The van der Waals surface area contributed by atoms with Crippen molar-refractivity contribution in [3.63, 3.8) is 0 Å². The number of nitrogens with one attached hydrogen (secondary N) is 1. The second-order valence-corrected chi connectivity index (χ2v) is 11.1. The zero-order valence-corrected chi connectivity index (χ0v) is 17.0. The van der Waals surface area contributed by atoms with Crippen molar-refractivity contribution in [2.75, 3.05) is 0 Å². The van der Waals surface area contributed by atoms with E-state index in [1.165, 1.54) is 38.5 Å². The zero-order valence-electron chi connectivity index (χ0n) is 16.2. The van der Waals surface area contributed by atoms with Crippen LogP contribution in [0.3, 0.4) is 0 Å². The van der Waals surface area contributed by atoms with Gasteiger partial charge in [-0.05, 0) is 63.7 Å². The van der Waals surface area contributed by atoms with Crippen molar-refractivity contribution in [1.29, 1.82) is 0 Å². The summed E-state index contributed by atoms with van der Waals surface area (Å²) in [5, 5.41) is 18.9. The Balaban J connectivity index is 1.32. The van der Waals surface area contributed by atoms with E-state index >= 15 is 0 Å². The van der Waals surface area contributed by atoms with Gasteiger partial charge in [0, 0.05) is 10.8 Å². The standard InChI is InChI=1S/C21H30N2O3S/c1-14-17(27-15-6-3-2-4-7-15)16(26-23-14)18(24)22-20-10-19(11-20)8-5-9-21(25,12-19)13-20/h15,25H,2-13H2,1H3,(H,22,24). The molecule has 5 aliphatic carbocycles. The number of rotatable bonds is 4. The molecule has 0 aromatic carbocycles. The fourth-order valence-electron chi connectivity index (χ4n) is 6.68. The highest BCUT2D eigenvalue weighted by Gasteiger charge is 2.65.